The van der Waals surface area contributed by atoms with E-state index in [4.69, 9.17) is 14.2 Å². The first-order valence-corrected chi connectivity index (χ1v) is 6.55. The van der Waals surface area contributed by atoms with Gasteiger partial charge >= 0.3 is 6.09 Å². The molecule has 1 amide bonds. The van der Waals surface area contributed by atoms with Crippen LogP contribution in [0.1, 0.15) is 34.1 Å². The molecule has 0 aromatic heterocycles. The fourth-order valence-corrected chi connectivity index (χ4v) is 2.65. The molecule has 5 nitrogen and oxygen atoms in total. The monoisotopic (exact) mass is 293 g/mol. The quantitative estimate of drug-likeness (QED) is 0.734. The number of hydrogen-bond acceptors (Lipinski definition) is 4. The Kier molecular flexibility index (Phi) is 3.49. The molecule has 7 heteroatoms. The molecular formula is C13H21F2NO4. The second kappa shape index (κ2) is 4.53. The maximum absolute atomic E-state index is 13.8. The van der Waals surface area contributed by atoms with Crippen molar-refractivity contribution in [2.45, 2.75) is 63.6 Å². The minimum absolute atomic E-state index is 0.455. The van der Waals surface area contributed by atoms with E-state index in [1.165, 1.54) is 7.11 Å². The molecule has 2 heterocycles. The zero-order valence-electron chi connectivity index (χ0n) is 12.4. The highest BCUT2D eigenvalue weighted by molar-refractivity contribution is 5.70. The van der Waals surface area contributed by atoms with Crippen molar-refractivity contribution in [3.63, 3.8) is 0 Å². The fraction of sp³-hybridized carbons (Fsp3) is 0.923. The lowest BCUT2D eigenvalue weighted by Gasteiger charge is -2.34. The van der Waals surface area contributed by atoms with Gasteiger partial charge in [0.2, 0.25) is 0 Å². The third-order valence-corrected chi connectivity index (χ3v) is 3.53. The summed E-state index contributed by atoms with van der Waals surface area (Å²) < 4.78 is 43.0. The lowest BCUT2D eigenvalue weighted by Crippen LogP contribution is -2.51. The van der Waals surface area contributed by atoms with Crippen LogP contribution in [0.15, 0.2) is 0 Å². The van der Waals surface area contributed by atoms with Gasteiger partial charge in [-0.3, -0.25) is 4.90 Å². The Labute approximate surface area is 117 Å². The van der Waals surface area contributed by atoms with Crippen LogP contribution >= 0.6 is 0 Å². The summed E-state index contributed by atoms with van der Waals surface area (Å²) in [5, 5.41) is 0. The van der Waals surface area contributed by atoms with Crippen molar-refractivity contribution < 1.29 is 27.8 Å². The first-order chi connectivity index (χ1) is 8.98. The van der Waals surface area contributed by atoms with Crippen molar-refractivity contribution in [1.82, 2.24) is 4.90 Å². The van der Waals surface area contributed by atoms with Crippen molar-refractivity contribution in [3.8, 4) is 0 Å². The summed E-state index contributed by atoms with van der Waals surface area (Å²) in [6.07, 6.45) is -2.29. The number of epoxide rings is 1. The normalized spacial score (nSPS) is 36.0. The van der Waals surface area contributed by atoms with Crippen LogP contribution in [0.3, 0.4) is 0 Å². The minimum atomic E-state index is -2.95. The Bertz CT molecular complexity index is 410. The van der Waals surface area contributed by atoms with Gasteiger partial charge in [0.25, 0.3) is 5.92 Å². The van der Waals surface area contributed by atoms with Gasteiger partial charge in [-0.1, -0.05) is 0 Å². The number of halogens is 2. The van der Waals surface area contributed by atoms with Gasteiger partial charge in [-0.2, -0.15) is 0 Å². The average molecular weight is 293 g/mol. The molecule has 0 N–H and O–H groups in total. The fourth-order valence-electron chi connectivity index (χ4n) is 2.65. The van der Waals surface area contributed by atoms with Gasteiger partial charge in [-0.15, -0.1) is 0 Å². The molecule has 0 bridgehead atoms. The summed E-state index contributed by atoms with van der Waals surface area (Å²) in [5.41, 5.74) is -1.85. The van der Waals surface area contributed by atoms with E-state index in [-0.39, 0.29) is 0 Å². The van der Waals surface area contributed by atoms with Crippen molar-refractivity contribution in [1.29, 1.82) is 0 Å². The van der Waals surface area contributed by atoms with Crippen LogP contribution in [-0.4, -0.2) is 54.1 Å². The van der Waals surface area contributed by atoms with Gasteiger partial charge in [0.05, 0.1) is 12.1 Å². The van der Waals surface area contributed by atoms with Crippen LogP contribution in [0.2, 0.25) is 0 Å². The topological polar surface area (TPSA) is 51.3 Å². The highest BCUT2D eigenvalue weighted by Crippen LogP contribution is 2.48. The third kappa shape index (κ3) is 2.88. The van der Waals surface area contributed by atoms with Gasteiger partial charge in [0.1, 0.15) is 11.7 Å². The standard InChI is InChI=1S/C13H21F2NO4/c1-11(2,3)20-10(17)16-7-13(14,15)6-12(16,4)8-9(18-5)19-8/h8-9H,6-7H2,1-5H3. The second-order valence-electron chi connectivity index (χ2n) is 6.62. The molecule has 0 radical (unpaired) electrons. The van der Waals surface area contributed by atoms with Gasteiger partial charge in [-0.05, 0) is 27.7 Å². The maximum atomic E-state index is 13.8. The lowest BCUT2D eigenvalue weighted by molar-refractivity contribution is -0.00481. The average Bonchev–Trinajstić information content (AvgIpc) is 2.97. The van der Waals surface area contributed by atoms with Crippen LogP contribution in [-0.2, 0) is 14.2 Å². The number of carbonyl (C=O) groups excluding carboxylic acids is 1. The first kappa shape index (κ1) is 15.4. The number of rotatable bonds is 2. The smallest absolute Gasteiger partial charge is 0.411 e. The molecule has 2 saturated heterocycles. The molecule has 2 aliphatic rings. The summed E-state index contributed by atoms with van der Waals surface area (Å²) in [5.74, 6) is -2.95. The molecule has 0 spiro atoms. The highest BCUT2D eigenvalue weighted by Gasteiger charge is 2.65. The van der Waals surface area contributed by atoms with E-state index in [9.17, 15) is 13.6 Å². The van der Waals surface area contributed by atoms with Crippen molar-refractivity contribution in [3.05, 3.63) is 0 Å². The highest BCUT2D eigenvalue weighted by atomic mass is 19.3. The van der Waals surface area contributed by atoms with Crippen LogP contribution in [0.4, 0.5) is 13.6 Å². The molecule has 0 saturated carbocycles. The van der Waals surface area contributed by atoms with Crippen molar-refractivity contribution in [2.24, 2.45) is 0 Å². The number of nitrogens with zero attached hydrogens (tertiary/aromatic N) is 1. The van der Waals surface area contributed by atoms with E-state index in [0.717, 1.165) is 4.90 Å². The van der Waals surface area contributed by atoms with Crippen molar-refractivity contribution in [2.75, 3.05) is 13.7 Å². The predicted molar refractivity (Wildman–Crippen MR) is 66.6 cm³/mol. The predicted octanol–water partition coefficient (Wildman–Crippen LogP) is 2.39. The number of likely N-dealkylation sites (tertiary alicyclic amines) is 1. The van der Waals surface area contributed by atoms with E-state index >= 15 is 0 Å². The minimum Gasteiger partial charge on any atom is -0.444 e. The summed E-state index contributed by atoms with van der Waals surface area (Å²) >= 11 is 0. The van der Waals surface area contributed by atoms with Gasteiger partial charge in [0.15, 0.2) is 6.29 Å². The van der Waals surface area contributed by atoms with E-state index in [1.807, 2.05) is 0 Å². The lowest BCUT2D eigenvalue weighted by atomic mass is 9.93. The van der Waals surface area contributed by atoms with E-state index in [2.05, 4.69) is 0 Å². The Morgan fingerprint density at radius 3 is 2.45 bits per heavy atom. The van der Waals surface area contributed by atoms with Gasteiger partial charge in [-0.25, -0.2) is 13.6 Å². The van der Waals surface area contributed by atoms with Crippen LogP contribution in [0, 0.1) is 0 Å². The number of methoxy groups -OCH3 is 1. The molecule has 2 fully saturated rings. The Morgan fingerprint density at radius 2 is 2.00 bits per heavy atom. The molecule has 0 aromatic carbocycles. The number of amides is 1. The Balaban J connectivity index is 2.18. The SMILES string of the molecule is COC1OC1C1(C)CC(F)(F)CN1C(=O)OC(C)(C)C. The van der Waals surface area contributed by atoms with E-state index in [0.29, 0.717) is 0 Å². The van der Waals surface area contributed by atoms with Crippen LogP contribution < -0.4 is 0 Å². The Morgan fingerprint density at radius 1 is 1.40 bits per heavy atom. The number of hydrogen-bond donors (Lipinski definition) is 0. The molecule has 3 unspecified atom stereocenters. The van der Waals surface area contributed by atoms with Crippen molar-refractivity contribution >= 4 is 6.09 Å². The zero-order chi connectivity index (χ0) is 15.3. The molecule has 2 aliphatic heterocycles. The molecule has 0 aliphatic carbocycles. The molecule has 20 heavy (non-hydrogen) atoms. The van der Waals surface area contributed by atoms with E-state index in [1.54, 1.807) is 27.7 Å². The van der Waals surface area contributed by atoms with Gasteiger partial charge < -0.3 is 14.2 Å². The Hall–Kier alpha value is -0.950. The van der Waals surface area contributed by atoms with Crippen LogP contribution in [0.5, 0.6) is 0 Å². The van der Waals surface area contributed by atoms with E-state index < -0.39 is 48.5 Å². The summed E-state index contributed by atoms with van der Waals surface area (Å²) in [6, 6.07) is 0. The maximum Gasteiger partial charge on any atom is 0.411 e. The number of ether oxygens (including phenoxy) is 3. The molecule has 0 aromatic rings. The number of alkyl halides is 2. The second-order valence-corrected chi connectivity index (χ2v) is 6.62. The molecule has 116 valence electrons. The summed E-state index contributed by atoms with van der Waals surface area (Å²) in [6.45, 7) is 6.02. The first-order valence-electron chi connectivity index (χ1n) is 6.55. The molecule has 3 atom stereocenters. The van der Waals surface area contributed by atoms with Gasteiger partial charge in [0, 0.05) is 13.5 Å². The van der Waals surface area contributed by atoms with Crippen LogP contribution in [0.25, 0.3) is 0 Å². The summed E-state index contributed by atoms with van der Waals surface area (Å²) in [7, 11) is 1.44. The number of carbonyl (C=O) groups is 1. The summed E-state index contributed by atoms with van der Waals surface area (Å²) in [4.78, 5) is 13.2. The molecular weight excluding hydrogens is 272 g/mol. The zero-order valence-corrected chi connectivity index (χ0v) is 12.4. The molecule has 2 rings (SSSR count). The largest absolute Gasteiger partial charge is 0.444 e. The third-order valence-electron chi connectivity index (χ3n) is 3.53.